The topological polar surface area (TPSA) is 45.9 Å². The standard InChI is InChI=1S/C26H23N3O/c30-26(20-11-8-16-29(18-20)17-19-9-2-1-3-10-19)28-25-21-12-4-6-14-23(21)27-24-15-7-5-13-22(24)25/h1-4,6,8-12,14,16,18H,5,7,13,15,17H2/p+1. The van der Waals surface area contributed by atoms with E-state index < -0.39 is 0 Å². The number of pyridine rings is 2. The second-order valence-corrected chi connectivity index (χ2v) is 7.84. The lowest BCUT2D eigenvalue weighted by atomic mass is 9.92. The number of rotatable bonds is 4. The monoisotopic (exact) mass is 394 g/mol. The number of para-hydroxylation sites is 1. The minimum absolute atomic E-state index is 0.0819. The molecule has 30 heavy (non-hydrogen) atoms. The number of hydrogen-bond acceptors (Lipinski definition) is 2. The summed E-state index contributed by atoms with van der Waals surface area (Å²) in [6.45, 7) is 0.732. The second-order valence-electron chi connectivity index (χ2n) is 7.84. The molecule has 0 saturated carbocycles. The van der Waals surface area contributed by atoms with Gasteiger partial charge in [-0.05, 0) is 43.4 Å². The van der Waals surface area contributed by atoms with E-state index in [1.165, 1.54) is 11.1 Å². The van der Waals surface area contributed by atoms with Gasteiger partial charge in [-0.15, -0.1) is 0 Å². The van der Waals surface area contributed by atoms with Crippen LogP contribution in [0.15, 0.2) is 79.1 Å². The molecule has 1 amide bonds. The van der Waals surface area contributed by atoms with Crippen LogP contribution in [0.1, 0.15) is 40.0 Å². The van der Waals surface area contributed by atoms with E-state index in [4.69, 9.17) is 4.98 Å². The van der Waals surface area contributed by atoms with E-state index >= 15 is 0 Å². The number of aromatic nitrogens is 2. The van der Waals surface area contributed by atoms with E-state index in [2.05, 4.69) is 17.4 Å². The number of amides is 1. The number of hydrogen-bond donors (Lipinski definition) is 1. The summed E-state index contributed by atoms with van der Waals surface area (Å²) in [6.07, 6.45) is 8.14. The number of fused-ring (bicyclic) bond motifs is 2. The molecule has 4 aromatic rings. The Balaban J connectivity index is 1.47. The van der Waals surface area contributed by atoms with Gasteiger partial charge in [0.05, 0.1) is 11.2 Å². The van der Waals surface area contributed by atoms with Gasteiger partial charge in [-0.25, -0.2) is 0 Å². The average molecular weight is 394 g/mol. The Morgan fingerprint density at radius 1 is 0.933 bits per heavy atom. The predicted octanol–water partition coefficient (Wildman–Crippen LogP) is 4.70. The van der Waals surface area contributed by atoms with Crippen molar-refractivity contribution in [2.75, 3.05) is 5.32 Å². The number of benzene rings is 2. The molecular weight excluding hydrogens is 370 g/mol. The average Bonchev–Trinajstić information content (AvgIpc) is 2.80. The Labute approximate surface area is 176 Å². The lowest BCUT2D eigenvalue weighted by Gasteiger charge is -2.21. The lowest BCUT2D eigenvalue weighted by Crippen LogP contribution is -2.35. The Morgan fingerprint density at radius 3 is 2.63 bits per heavy atom. The minimum atomic E-state index is -0.0819. The number of carbonyl (C=O) groups is 1. The van der Waals surface area contributed by atoms with Gasteiger partial charge in [0.2, 0.25) is 0 Å². The van der Waals surface area contributed by atoms with Crippen LogP contribution in [0, 0.1) is 0 Å². The molecule has 2 aromatic heterocycles. The number of anilines is 1. The highest BCUT2D eigenvalue weighted by Gasteiger charge is 2.21. The van der Waals surface area contributed by atoms with E-state index in [1.54, 1.807) is 0 Å². The lowest BCUT2D eigenvalue weighted by molar-refractivity contribution is -0.688. The molecule has 4 nitrogen and oxygen atoms in total. The molecule has 0 fully saturated rings. The molecule has 2 aromatic carbocycles. The van der Waals surface area contributed by atoms with Crippen molar-refractivity contribution in [2.45, 2.75) is 32.2 Å². The number of nitrogens with zero attached hydrogens (tertiary/aromatic N) is 2. The molecule has 0 aliphatic heterocycles. The van der Waals surface area contributed by atoms with E-state index in [1.807, 2.05) is 71.6 Å². The van der Waals surface area contributed by atoms with Gasteiger partial charge in [-0.3, -0.25) is 9.78 Å². The van der Waals surface area contributed by atoms with E-state index in [-0.39, 0.29) is 5.91 Å². The van der Waals surface area contributed by atoms with Crippen LogP contribution >= 0.6 is 0 Å². The van der Waals surface area contributed by atoms with Gasteiger partial charge >= 0.3 is 0 Å². The smallest absolute Gasteiger partial charge is 0.261 e. The molecule has 5 rings (SSSR count). The van der Waals surface area contributed by atoms with Gasteiger partial charge in [0.1, 0.15) is 5.56 Å². The third kappa shape index (κ3) is 3.69. The zero-order chi connectivity index (χ0) is 20.3. The predicted molar refractivity (Wildman–Crippen MR) is 119 cm³/mol. The number of aryl methyl sites for hydroxylation is 1. The van der Waals surface area contributed by atoms with E-state index in [0.29, 0.717) is 5.56 Å². The maximum Gasteiger partial charge on any atom is 0.261 e. The van der Waals surface area contributed by atoms with Crippen molar-refractivity contribution < 1.29 is 9.36 Å². The summed E-state index contributed by atoms with van der Waals surface area (Å²) < 4.78 is 2.05. The molecule has 1 aliphatic carbocycles. The SMILES string of the molecule is O=C(Nc1c2c(nc3ccccc13)CCCC2)c1ccc[n+](Cc2ccccc2)c1. The molecule has 0 bridgehead atoms. The van der Waals surface area contributed by atoms with Crippen molar-refractivity contribution in [2.24, 2.45) is 0 Å². The van der Waals surface area contributed by atoms with Crippen molar-refractivity contribution in [1.82, 2.24) is 4.98 Å². The molecule has 0 atom stereocenters. The molecule has 1 aliphatic rings. The van der Waals surface area contributed by atoms with Gasteiger partial charge < -0.3 is 5.32 Å². The van der Waals surface area contributed by atoms with Crippen molar-refractivity contribution in [3.63, 3.8) is 0 Å². The summed E-state index contributed by atoms with van der Waals surface area (Å²) in [5.41, 5.74) is 6.05. The zero-order valence-electron chi connectivity index (χ0n) is 16.8. The first-order valence-corrected chi connectivity index (χ1v) is 10.5. The van der Waals surface area contributed by atoms with Crippen LogP contribution in [-0.4, -0.2) is 10.9 Å². The van der Waals surface area contributed by atoms with Crippen LogP contribution in [0.25, 0.3) is 10.9 Å². The van der Waals surface area contributed by atoms with Crippen LogP contribution in [0.2, 0.25) is 0 Å². The van der Waals surface area contributed by atoms with Gasteiger partial charge in [-0.2, -0.15) is 4.57 Å². The van der Waals surface area contributed by atoms with Crippen LogP contribution < -0.4 is 9.88 Å². The highest BCUT2D eigenvalue weighted by molar-refractivity contribution is 6.09. The first-order chi connectivity index (χ1) is 14.8. The number of carbonyl (C=O) groups excluding carboxylic acids is 1. The summed E-state index contributed by atoms with van der Waals surface area (Å²) in [6, 6.07) is 22.1. The summed E-state index contributed by atoms with van der Waals surface area (Å²) in [4.78, 5) is 18.1. The fourth-order valence-electron chi connectivity index (χ4n) is 4.25. The summed E-state index contributed by atoms with van der Waals surface area (Å²) >= 11 is 0. The maximum atomic E-state index is 13.2. The molecule has 0 saturated heterocycles. The molecule has 4 heteroatoms. The van der Waals surface area contributed by atoms with Crippen molar-refractivity contribution in [1.29, 1.82) is 0 Å². The zero-order valence-corrected chi connectivity index (χ0v) is 16.8. The van der Waals surface area contributed by atoms with E-state index in [9.17, 15) is 4.79 Å². The van der Waals surface area contributed by atoms with Crippen LogP contribution in [-0.2, 0) is 19.4 Å². The molecule has 148 valence electrons. The van der Waals surface area contributed by atoms with Crippen molar-refractivity contribution in [3.8, 4) is 0 Å². The third-order valence-corrected chi connectivity index (χ3v) is 5.74. The molecule has 0 spiro atoms. The second kappa shape index (κ2) is 8.07. The minimum Gasteiger partial charge on any atom is -0.321 e. The molecular formula is C26H24N3O+. The summed E-state index contributed by atoms with van der Waals surface area (Å²) in [7, 11) is 0. The molecule has 0 unspecified atom stereocenters. The summed E-state index contributed by atoms with van der Waals surface area (Å²) in [5.74, 6) is -0.0819. The van der Waals surface area contributed by atoms with Gasteiger partial charge in [0.25, 0.3) is 5.91 Å². The fraction of sp³-hybridized carbons (Fsp3) is 0.192. The normalized spacial score (nSPS) is 13.1. The fourth-order valence-corrected chi connectivity index (χ4v) is 4.25. The Kier molecular flexibility index (Phi) is 4.98. The highest BCUT2D eigenvalue weighted by Crippen LogP contribution is 2.33. The van der Waals surface area contributed by atoms with Crippen LogP contribution in [0.4, 0.5) is 5.69 Å². The number of nitrogens with one attached hydrogen (secondary N) is 1. The molecule has 1 N–H and O–H groups in total. The van der Waals surface area contributed by atoms with E-state index in [0.717, 1.165) is 54.5 Å². The van der Waals surface area contributed by atoms with Crippen LogP contribution in [0.5, 0.6) is 0 Å². The Hall–Kier alpha value is -3.53. The van der Waals surface area contributed by atoms with Gasteiger partial charge in [0, 0.05) is 22.7 Å². The first-order valence-electron chi connectivity index (χ1n) is 10.5. The van der Waals surface area contributed by atoms with Crippen molar-refractivity contribution >= 4 is 22.5 Å². The van der Waals surface area contributed by atoms with Crippen molar-refractivity contribution in [3.05, 3.63) is 102 Å². The van der Waals surface area contributed by atoms with Gasteiger partial charge in [0.15, 0.2) is 18.9 Å². The largest absolute Gasteiger partial charge is 0.321 e. The molecule has 2 heterocycles. The highest BCUT2D eigenvalue weighted by atomic mass is 16.1. The third-order valence-electron chi connectivity index (χ3n) is 5.74. The Morgan fingerprint density at radius 2 is 1.73 bits per heavy atom. The van der Waals surface area contributed by atoms with Gasteiger partial charge in [-0.1, -0.05) is 48.5 Å². The first kappa shape index (κ1) is 18.5. The maximum absolute atomic E-state index is 13.2. The Bertz CT molecular complexity index is 1220. The quantitative estimate of drug-likeness (QED) is 0.510. The van der Waals surface area contributed by atoms with Crippen LogP contribution in [0.3, 0.4) is 0 Å². The molecule has 0 radical (unpaired) electrons. The summed E-state index contributed by atoms with van der Waals surface area (Å²) in [5, 5.41) is 4.24.